The Morgan fingerprint density at radius 3 is 2.43 bits per heavy atom. The van der Waals surface area contributed by atoms with E-state index in [2.05, 4.69) is 20.8 Å². The van der Waals surface area contributed by atoms with Crippen molar-refractivity contribution in [3.63, 3.8) is 0 Å². The first-order valence-corrected chi connectivity index (χ1v) is 8.03. The molecule has 0 spiro atoms. The van der Waals surface area contributed by atoms with E-state index in [0.29, 0.717) is 6.04 Å². The zero-order valence-corrected chi connectivity index (χ0v) is 13.4. The maximum absolute atomic E-state index is 12.2. The van der Waals surface area contributed by atoms with E-state index in [1.54, 1.807) is 4.68 Å². The van der Waals surface area contributed by atoms with E-state index in [0.717, 1.165) is 18.7 Å². The Bertz CT molecular complexity index is 455. The molecule has 1 aromatic rings. The lowest BCUT2D eigenvalue weighted by atomic mass is 9.96. The molecule has 0 radical (unpaired) electrons. The third kappa shape index (κ3) is 4.79. The Morgan fingerprint density at radius 2 is 1.81 bits per heavy atom. The molecule has 0 saturated heterocycles. The molecule has 1 N–H and O–H groups in total. The Labute approximate surface area is 126 Å². The Balaban J connectivity index is 1.91. The van der Waals surface area contributed by atoms with Gasteiger partial charge in [-0.05, 0) is 23.3 Å². The molecule has 0 unspecified atom stereocenters. The topological polar surface area (TPSA) is 72.7 Å². The molecule has 6 heteroatoms. The van der Waals surface area contributed by atoms with Gasteiger partial charge in [-0.15, -0.1) is 5.10 Å². The lowest BCUT2D eigenvalue weighted by Crippen LogP contribution is -2.38. The fourth-order valence-electron chi connectivity index (χ4n) is 2.86. The number of hydrogen-bond donors (Lipinski definition) is 1. The summed E-state index contributed by atoms with van der Waals surface area (Å²) in [5.41, 5.74) is -0.163. The molecule has 1 aliphatic rings. The van der Waals surface area contributed by atoms with Crippen molar-refractivity contribution < 1.29 is 4.79 Å². The zero-order valence-electron chi connectivity index (χ0n) is 13.4. The van der Waals surface area contributed by atoms with E-state index < -0.39 is 0 Å². The van der Waals surface area contributed by atoms with E-state index in [1.807, 2.05) is 20.8 Å². The number of aromatic nitrogens is 4. The zero-order chi connectivity index (χ0) is 15.3. The summed E-state index contributed by atoms with van der Waals surface area (Å²) in [6, 6.07) is 0.312. The number of carbonyl (C=O) groups is 1. The first-order valence-electron chi connectivity index (χ1n) is 8.03. The maximum Gasteiger partial charge on any atom is 0.242 e. The number of nitrogens with one attached hydrogen (secondary N) is 1. The third-order valence-electron chi connectivity index (χ3n) is 3.97. The average Bonchev–Trinajstić information content (AvgIpc) is 2.80. The second kappa shape index (κ2) is 7.00. The van der Waals surface area contributed by atoms with Crippen molar-refractivity contribution in [3.05, 3.63) is 5.82 Å². The minimum absolute atomic E-state index is 0.0124. The standard InChI is InChI=1S/C15H27N5O/c1-15(2,3)14-17-18-19-20(14)11-13(21)16-12-9-7-5-4-6-8-10-12/h12H,4-11H2,1-3H3,(H,16,21). The van der Waals surface area contributed by atoms with Gasteiger partial charge in [0.2, 0.25) is 5.91 Å². The van der Waals surface area contributed by atoms with Crippen molar-refractivity contribution in [2.24, 2.45) is 0 Å². The van der Waals surface area contributed by atoms with E-state index in [1.165, 1.54) is 32.1 Å². The molecule has 0 atom stereocenters. The third-order valence-corrected chi connectivity index (χ3v) is 3.97. The van der Waals surface area contributed by atoms with Crippen LogP contribution in [0.25, 0.3) is 0 Å². The van der Waals surface area contributed by atoms with Crippen LogP contribution in [0.15, 0.2) is 0 Å². The van der Waals surface area contributed by atoms with Crippen LogP contribution in [0, 0.1) is 0 Å². The van der Waals surface area contributed by atoms with Crippen molar-refractivity contribution in [2.75, 3.05) is 0 Å². The van der Waals surface area contributed by atoms with Crippen LogP contribution >= 0.6 is 0 Å². The number of rotatable bonds is 3. The molecule has 1 fully saturated rings. The van der Waals surface area contributed by atoms with E-state index in [9.17, 15) is 4.79 Å². The average molecular weight is 293 g/mol. The normalized spacial score (nSPS) is 18.0. The summed E-state index contributed by atoms with van der Waals surface area (Å²) in [6.45, 7) is 6.34. The van der Waals surface area contributed by atoms with Crippen LogP contribution < -0.4 is 5.32 Å². The largest absolute Gasteiger partial charge is 0.352 e. The van der Waals surface area contributed by atoms with Gasteiger partial charge in [-0.25, -0.2) is 4.68 Å². The highest BCUT2D eigenvalue weighted by atomic mass is 16.2. The second-order valence-corrected chi connectivity index (χ2v) is 7.02. The minimum atomic E-state index is -0.163. The fraction of sp³-hybridized carbons (Fsp3) is 0.867. The van der Waals surface area contributed by atoms with Gasteiger partial charge >= 0.3 is 0 Å². The van der Waals surface area contributed by atoms with Crippen LogP contribution in [0.1, 0.15) is 71.5 Å². The molecule has 1 saturated carbocycles. The molecule has 0 bridgehead atoms. The van der Waals surface area contributed by atoms with Gasteiger partial charge in [-0.3, -0.25) is 4.79 Å². The van der Waals surface area contributed by atoms with Gasteiger partial charge in [0.05, 0.1) is 0 Å². The SMILES string of the molecule is CC(C)(C)c1nnnn1CC(=O)NC1CCCCCCC1. The summed E-state index contributed by atoms with van der Waals surface area (Å²) in [5, 5.41) is 14.8. The lowest BCUT2D eigenvalue weighted by Gasteiger charge is -2.22. The van der Waals surface area contributed by atoms with Crippen molar-refractivity contribution in [2.45, 2.75) is 83.7 Å². The number of carbonyl (C=O) groups excluding carboxylic acids is 1. The van der Waals surface area contributed by atoms with Crippen LogP contribution in [0.3, 0.4) is 0 Å². The molecule has 1 heterocycles. The van der Waals surface area contributed by atoms with Gasteiger partial charge in [-0.2, -0.15) is 0 Å². The van der Waals surface area contributed by atoms with E-state index in [-0.39, 0.29) is 17.9 Å². The first kappa shape index (κ1) is 15.9. The molecule has 0 aliphatic heterocycles. The molecule has 1 aliphatic carbocycles. The number of nitrogens with zero attached hydrogens (tertiary/aromatic N) is 4. The summed E-state index contributed by atoms with van der Waals surface area (Å²) < 4.78 is 1.61. The molecular weight excluding hydrogens is 266 g/mol. The van der Waals surface area contributed by atoms with Gasteiger partial charge in [-0.1, -0.05) is 52.9 Å². The minimum Gasteiger partial charge on any atom is -0.352 e. The highest BCUT2D eigenvalue weighted by Gasteiger charge is 2.23. The molecule has 21 heavy (non-hydrogen) atoms. The Hall–Kier alpha value is -1.46. The van der Waals surface area contributed by atoms with E-state index >= 15 is 0 Å². The predicted molar refractivity (Wildman–Crippen MR) is 80.8 cm³/mol. The van der Waals surface area contributed by atoms with Crippen LogP contribution in [-0.2, 0) is 16.8 Å². The summed E-state index contributed by atoms with van der Waals surface area (Å²) in [6.07, 6.45) is 8.51. The van der Waals surface area contributed by atoms with Gasteiger partial charge in [0.1, 0.15) is 6.54 Å². The second-order valence-electron chi connectivity index (χ2n) is 7.02. The predicted octanol–water partition coefficient (Wildman–Crippen LogP) is 2.20. The number of hydrogen-bond acceptors (Lipinski definition) is 4. The van der Waals surface area contributed by atoms with Crippen molar-refractivity contribution in [3.8, 4) is 0 Å². The van der Waals surface area contributed by atoms with Crippen molar-refractivity contribution >= 4 is 5.91 Å². The van der Waals surface area contributed by atoms with Crippen LogP contribution in [0.2, 0.25) is 0 Å². The Kier molecular flexibility index (Phi) is 5.31. The smallest absolute Gasteiger partial charge is 0.242 e. The highest BCUT2D eigenvalue weighted by Crippen LogP contribution is 2.19. The lowest BCUT2D eigenvalue weighted by molar-refractivity contribution is -0.122. The molecule has 0 aromatic carbocycles. The molecule has 1 amide bonds. The molecule has 1 aromatic heterocycles. The van der Waals surface area contributed by atoms with Gasteiger partial charge in [0.15, 0.2) is 5.82 Å². The molecular formula is C15H27N5O. The summed E-state index contributed by atoms with van der Waals surface area (Å²) in [5.74, 6) is 0.758. The summed E-state index contributed by atoms with van der Waals surface area (Å²) >= 11 is 0. The number of amides is 1. The molecule has 2 rings (SSSR count). The first-order chi connectivity index (χ1) is 9.97. The molecule has 118 valence electrons. The Morgan fingerprint density at radius 1 is 1.19 bits per heavy atom. The van der Waals surface area contributed by atoms with Crippen LogP contribution in [0.5, 0.6) is 0 Å². The van der Waals surface area contributed by atoms with Gasteiger partial charge < -0.3 is 5.32 Å². The van der Waals surface area contributed by atoms with E-state index in [4.69, 9.17) is 0 Å². The monoisotopic (exact) mass is 293 g/mol. The van der Waals surface area contributed by atoms with Crippen LogP contribution in [0.4, 0.5) is 0 Å². The molecule has 6 nitrogen and oxygen atoms in total. The van der Waals surface area contributed by atoms with Crippen LogP contribution in [-0.4, -0.2) is 32.2 Å². The van der Waals surface area contributed by atoms with Gasteiger partial charge in [0, 0.05) is 11.5 Å². The summed E-state index contributed by atoms with van der Waals surface area (Å²) in [7, 11) is 0. The highest BCUT2D eigenvalue weighted by molar-refractivity contribution is 5.76. The quantitative estimate of drug-likeness (QED) is 0.927. The van der Waals surface area contributed by atoms with Gasteiger partial charge in [0.25, 0.3) is 0 Å². The van der Waals surface area contributed by atoms with Crippen molar-refractivity contribution in [1.29, 1.82) is 0 Å². The number of tetrazole rings is 1. The van der Waals surface area contributed by atoms with Crippen molar-refractivity contribution in [1.82, 2.24) is 25.5 Å². The fourth-order valence-corrected chi connectivity index (χ4v) is 2.86. The summed E-state index contributed by atoms with van der Waals surface area (Å²) in [4.78, 5) is 12.2. The maximum atomic E-state index is 12.2.